The van der Waals surface area contributed by atoms with Crippen molar-refractivity contribution >= 4 is 27.5 Å². The Labute approximate surface area is 166 Å². The number of sulfonamides is 1. The fourth-order valence-corrected chi connectivity index (χ4v) is 5.36. The molecule has 1 saturated heterocycles. The number of hydrogen-bond donors (Lipinski definition) is 1. The van der Waals surface area contributed by atoms with Gasteiger partial charge in [0.15, 0.2) is 0 Å². The lowest BCUT2D eigenvalue weighted by molar-refractivity contribution is 0.0933. The second-order valence-corrected chi connectivity index (χ2v) is 9.86. The number of hydrogen-bond acceptors (Lipinski definition) is 4. The van der Waals surface area contributed by atoms with Crippen molar-refractivity contribution in [3.8, 4) is 0 Å². The van der Waals surface area contributed by atoms with Gasteiger partial charge in [-0.2, -0.15) is 4.31 Å². The Morgan fingerprint density at radius 1 is 1.07 bits per heavy atom. The maximum atomic E-state index is 12.9. The van der Waals surface area contributed by atoms with E-state index < -0.39 is 10.0 Å². The molecule has 1 aromatic carbocycles. The number of likely N-dealkylation sites (N-methyl/N-ethyl adjacent to an activating group) is 1. The molecule has 1 aliphatic carbocycles. The Morgan fingerprint density at radius 2 is 1.70 bits per heavy atom. The molecule has 2 fully saturated rings. The van der Waals surface area contributed by atoms with Gasteiger partial charge in [-0.1, -0.05) is 37.3 Å². The Kier molecular flexibility index (Phi) is 6.78. The smallest absolute Gasteiger partial charge is 0.253 e. The molecular formula is C19H28ClN3O3S. The van der Waals surface area contributed by atoms with Crippen molar-refractivity contribution in [1.82, 2.24) is 14.5 Å². The highest BCUT2D eigenvalue weighted by Crippen LogP contribution is 2.25. The third-order valence-corrected chi connectivity index (χ3v) is 7.70. The standard InChI is InChI=1S/C19H28ClN3O3S/c1-22-10-12-23(13-11-22)27(25,26)16-8-9-18(20)17(14-16)19(24)21-15-6-4-2-3-5-7-15/h8-9,14-15H,2-7,10-13H2,1H3,(H,21,24). The van der Waals surface area contributed by atoms with Crippen molar-refractivity contribution in [3.63, 3.8) is 0 Å². The van der Waals surface area contributed by atoms with Crippen LogP contribution in [-0.2, 0) is 10.0 Å². The van der Waals surface area contributed by atoms with E-state index in [0.717, 1.165) is 25.7 Å². The summed E-state index contributed by atoms with van der Waals surface area (Å²) in [4.78, 5) is 15.0. The van der Waals surface area contributed by atoms with Gasteiger partial charge in [0, 0.05) is 32.2 Å². The van der Waals surface area contributed by atoms with Crippen molar-refractivity contribution in [2.45, 2.75) is 49.5 Å². The van der Waals surface area contributed by atoms with Gasteiger partial charge in [-0.15, -0.1) is 0 Å². The Balaban J connectivity index is 1.78. The zero-order valence-electron chi connectivity index (χ0n) is 15.8. The summed E-state index contributed by atoms with van der Waals surface area (Å²) in [5, 5.41) is 3.32. The minimum atomic E-state index is -3.63. The van der Waals surface area contributed by atoms with Gasteiger partial charge in [0.1, 0.15) is 0 Å². The Morgan fingerprint density at radius 3 is 2.33 bits per heavy atom. The normalized spacial score (nSPS) is 21.0. The molecule has 0 radical (unpaired) electrons. The molecule has 3 rings (SSSR count). The minimum Gasteiger partial charge on any atom is -0.349 e. The first-order valence-electron chi connectivity index (χ1n) is 9.67. The van der Waals surface area contributed by atoms with Crippen LogP contribution in [0.25, 0.3) is 0 Å². The molecule has 27 heavy (non-hydrogen) atoms. The molecule has 0 unspecified atom stereocenters. The van der Waals surface area contributed by atoms with Crippen LogP contribution in [0.3, 0.4) is 0 Å². The highest BCUT2D eigenvalue weighted by molar-refractivity contribution is 7.89. The summed E-state index contributed by atoms with van der Waals surface area (Å²) in [6.45, 7) is 2.29. The zero-order chi connectivity index (χ0) is 19.4. The summed E-state index contributed by atoms with van der Waals surface area (Å²) in [6.07, 6.45) is 6.54. The lowest BCUT2D eigenvalue weighted by Crippen LogP contribution is -2.47. The number of nitrogens with zero attached hydrogens (tertiary/aromatic N) is 2. The minimum absolute atomic E-state index is 0.127. The van der Waals surface area contributed by atoms with Crippen molar-refractivity contribution in [3.05, 3.63) is 28.8 Å². The van der Waals surface area contributed by atoms with Crippen LogP contribution in [-0.4, -0.2) is 62.8 Å². The van der Waals surface area contributed by atoms with E-state index in [1.54, 1.807) is 0 Å². The third kappa shape index (κ3) is 5.02. The average Bonchev–Trinajstić information content (AvgIpc) is 2.91. The van der Waals surface area contributed by atoms with Crippen LogP contribution in [0.5, 0.6) is 0 Å². The molecule has 0 aromatic heterocycles. The number of carbonyl (C=O) groups excluding carboxylic acids is 1. The van der Waals surface area contributed by atoms with Crippen LogP contribution >= 0.6 is 11.6 Å². The monoisotopic (exact) mass is 413 g/mol. The fraction of sp³-hybridized carbons (Fsp3) is 0.632. The van der Waals surface area contributed by atoms with Gasteiger partial charge in [0.2, 0.25) is 10.0 Å². The number of halogens is 1. The molecule has 8 heteroatoms. The van der Waals surface area contributed by atoms with E-state index in [4.69, 9.17) is 11.6 Å². The van der Waals surface area contributed by atoms with E-state index in [1.807, 2.05) is 7.05 Å². The highest BCUT2D eigenvalue weighted by Gasteiger charge is 2.29. The van der Waals surface area contributed by atoms with E-state index >= 15 is 0 Å². The molecule has 1 saturated carbocycles. The summed E-state index contributed by atoms with van der Waals surface area (Å²) in [7, 11) is -1.65. The summed E-state index contributed by atoms with van der Waals surface area (Å²) < 4.78 is 27.4. The van der Waals surface area contributed by atoms with Gasteiger partial charge in [-0.25, -0.2) is 8.42 Å². The second kappa shape index (κ2) is 8.90. The third-order valence-electron chi connectivity index (χ3n) is 5.47. The number of carbonyl (C=O) groups is 1. The van der Waals surface area contributed by atoms with Crippen LogP contribution in [0, 0.1) is 0 Å². The first-order valence-corrected chi connectivity index (χ1v) is 11.5. The Hall–Kier alpha value is -1.15. The number of nitrogens with one attached hydrogen (secondary N) is 1. The molecule has 2 aliphatic rings. The highest BCUT2D eigenvalue weighted by atomic mass is 35.5. The number of amides is 1. The van der Waals surface area contributed by atoms with E-state index in [2.05, 4.69) is 10.2 Å². The summed E-state index contributed by atoms with van der Waals surface area (Å²) in [6, 6.07) is 4.54. The molecule has 1 aromatic rings. The Bertz CT molecular complexity index is 768. The van der Waals surface area contributed by atoms with Crippen molar-refractivity contribution in [2.75, 3.05) is 33.2 Å². The molecular weight excluding hydrogens is 386 g/mol. The molecule has 0 spiro atoms. The predicted molar refractivity (Wildman–Crippen MR) is 107 cm³/mol. The number of benzene rings is 1. The molecule has 1 amide bonds. The van der Waals surface area contributed by atoms with Gasteiger partial charge in [0.05, 0.1) is 15.5 Å². The molecule has 6 nitrogen and oxygen atoms in total. The van der Waals surface area contributed by atoms with Crippen LogP contribution in [0.15, 0.2) is 23.1 Å². The zero-order valence-corrected chi connectivity index (χ0v) is 17.4. The number of piperazine rings is 1. The van der Waals surface area contributed by atoms with Crippen molar-refractivity contribution < 1.29 is 13.2 Å². The van der Waals surface area contributed by atoms with Gasteiger partial charge >= 0.3 is 0 Å². The quantitative estimate of drug-likeness (QED) is 0.770. The van der Waals surface area contributed by atoms with Gasteiger partial charge in [-0.05, 0) is 38.1 Å². The largest absolute Gasteiger partial charge is 0.349 e. The molecule has 150 valence electrons. The van der Waals surface area contributed by atoms with Crippen molar-refractivity contribution in [1.29, 1.82) is 0 Å². The second-order valence-electron chi connectivity index (χ2n) is 7.51. The maximum absolute atomic E-state index is 12.9. The van der Waals surface area contributed by atoms with Gasteiger partial charge < -0.3 is 10.2 Å². The lowest BCUT2D eigenvalue weighted by atomic mass is 10.1. The molecule has 1 aliphatic heterocycles. The van der Waals surface area contributed by atoms with E-state index in [9.17, 15) is 13.2 Å². The van der Waals surface area contributed by atoms with Crippen LogP contribution in [0.1, 0.15) is 48.9 Å². The van der Waals surface area contributed by atoms with Crippen LogP contribution in [0.2, 0.25) is 5.02 Å². The lowest BCUT2D eigenvalue weighted by Gasteiger charge is -2.31. The van der Waals surface area contributed by atoms with Crippen molar-refractivity contribution in [2.24, 2.45) is 0 Å². The molecule has 0 atom stereocenters. The first-order chi connectivity index (χ1) is 12.9. The predicted octanol–water partition coefficient (Wildman–Crippen LogP) is 2.73. The van der Waals surface area contributed by atoms with Gasteiger partial charge in [-0.3, -0.25) is 4.79 Å². The van der Waals surface area contributed by atoms with E-state index in [-0.39, 0.29) is 27.4 Å². The van der Waals surface area contributed by atoms with Gasteiger partial charge in [0.25, 0.3) is 5.91 Å². The average molecular weight is 414 g/mol. The maximum Gasteiger partial charge on any atom is 0.253 e. The van der Waals surface area contributed by atoms with Crippen LogP contribution < -0.4 is 5.32 Å². The van der Waals surface area contributed by atoms with E-state index in [1.165, 1.54) is 35.3 Å². The van der Waals surface area contributed by atoms with E-state index in [0.29, 0.717) is 26.2 Å². The van der Waals surface area contributed by atoms with Crippen LogP contribution in [0.4, 0.5) is 0 Å². The molecule has 1 N–H and O–H groups in total. The summed E-state index contributed by atoms with van der Waals surface area (Å²) in [5.41, 5.74) is 0.233. The fourth-order valence-electron chi connectivity index (χ4n) is 3.70. The topological polar surface area (TPSA) is 69.7 Å². The SMILES string of the molecule is CN1CCN(S(=O)(=O)c2ccc(Cl)c(C(=O)NC3CCCCCC3)c2)CC1. The molecule has 0 bridgehead atoms. The molecule has 1 heterocycles. The summed E-state index contributed by atoms with van der Waals surface area (Å²) >= 11 is 6.22. The summed E-state index contributed by atoms with van der Waals surface area (Å²) in [5.74, 6) is -0.290. The number of rotatable bonds is 4. The first kappa shape index (κ1) is 20.6.